The van der Waals surface area contributed by atoms with Gasteiger partial charge in [-0.3, -0.25) is 4.79 Å². The van der Waals surface area contributed by atoms with Crippen LogP contribution in [0.3, 0.4) is 0 Å². The number of nitrogens with one attached hydrogen (secondary N) is 1. The fourth-order valence-corrected chi connectivity index (χ4v) is 1.55. The number of carbonyl (C=O) groups excluding carboxylic acids is 1. The second-order valence-electron chi connectivity index (χ2n) is 4.17. The Balaban J connectivity index is 2.44. The molecule has 0 bridgehead atoms. The maximum absolute atomic E-state index is 11.7. The lowest BCUT2D eigenvalue weighted by atomic mass is 10.2. The van der Waals surface area contributed by atoms with Crippen molar-refractivity contribution in [3.05, 3.63) is 29.8 Å². The largest absolute Gasteiger partial charge is 0.325 e. The first-order valence-electron chi connectivity index (χ1n) is 6.02. The normalized spacial score (nSPS) is 9.68. The summed E-state index contributed by atoms with van der Waals surface area (Å²) in [5.74, 6) is -0.133. The summed E-state index contributed by atoms with van der Waals surface area (Å²) in [5.41, 5.74) is 0.989. The smallest absolute Gasteiger partial charge is 0.225 e. The minimum atomic E-state index is -0.133. The van der Waals surface area contributed by atoms with Gasteiger partial charge in [0.25, 0.3) is 0 Å². The molecule has 5 nitrogen and oxygen atoms in total. The quantitative estimate of drug-likeness (QED) is 0.840. The molecule has 0 spiro atoms. The first-order valence-corrected chi connectivity index (χ1v) is 6.02. The number of nitrogens with zero attached hydrogens (tertiary/aromatic N) is 3. The molecule has 19 heavy (non-hydrogen) atoms. The SMILES string of the molecule is CN(CCC#N)CCC(=O)Nc1ccccc1C#N. The maximum Gasteiger partial charge on any atom is 0.225 e. The van der Waals surface area contributed by atoms with Gasteiger partial charge in [-0.25, -0.2) is 0 Å². The van der Waals surface area contributed by atoms with Crippen molar-refractivity contribution in [2.24, 2.45) is 0 Å². The average molecular weight is 256 g/mol. The predicted molar refractivity (Wildman–Crippen MR) is 72.1 cm³/mol. The van der Waals surface area contributed by atoms with Crippen molar-refractivity contribution in [2.45, 2.75) is 12.8 Å². The third-order valence-corrected chi connectivity index (χ3v) is 2.65. The van der Waals surface area contributed by atoms with Crippen molar-refractivity contribution >= 4 is 11.6 Å². The molecule has 0 aliphatic carbocycles. The molecule has 1 amide bonds. The van der Waals surface area contributed by atoms with E-state index in [9.17, 15) is 4.79 Å². The van der Waals surface area contributed by atoms with Crippen LogP contribution in [0.2, 0.25) is 0 Å². The van der Waals surface area contributed by atoms with Gasteiger partial charge in [-0.15, -0.1) is 0 Å². The van der Waals surface area contributed by atoms with E-state index in [4.69, 9.17) is 10.5 Å². The monoisotopic (exact) mass is 256 g/mol. The van der Waals surface area contributed by atoms with Gasteiger partial charge < -0.3 is 10.2 Å². The Labute approximate surface area is 113 Å². The highest BCUT2D eigenvalue weighted by Crippen LogP contribution is 2.13. The fourth-order valence-electron chi connectivity index (χ4n) is 1.55. The fraction of sp³-hybridized carbons (Fsp3) is 0.357. The molecule has 1 aromatic carbocycles. The molecular formula is C14H16N4O. The van der Waals surface area contributed by atoms with Crippen LogP contribution in [0.4, 0.5) is 5.69 Å². The van der Waals surface area contributed by atoms with Gasteiger partial charge in [0.05, 0.1) is 17.3 Å². The molecule has 0 atom stereocenters. The average Bonchev–Trinajstić information content (AvgIpc) is 2.43. The minimum Gasteiger partial charge on any atom is -0.325 e. The standard InChI is InChI=1S/C14H16N4O/c1-18(9-4-8-15)10-7-14(19)17-13-6-3-2-5-12(13)11-16/h2-3,5-6H,4,7,9-10H2,1H3,(H,17,19). The second-order valence-corrected chi connectivity index (χ2v) is 4.17. The van der Waals surface area contributed by atoms with E-state index >= 15 is 0 Å². The summed E-state index contributed by atoms with van der Waals surface area (Å²) < 4.78 is 0. The van der Waals surface area contributed by atoms with Crippen LogP contribution in [-0.2, 0) is 4.79 Å². The molecule has 0 aliphatic rings. The molecule has 5 heteroatoms. The van der Waals surface area contributed by atoms with Crippen molar-refractivity contribution < 1.29 is 4.79 Å². The number of hydrogen-bond donors (Lipinski definition) is 1. The van der Waals surface area contributed by atoms with Crippen molar-refractivity contribution in [3.63, 3.8) is 0 Å². The van der Waals surface area contributed by atoms with E-state index in [0.29, 0.717) is 37.2 Å². The van der Waals surface area contributed by atoms with Crippen molar-refractivity contribution in [1.29, 1.82) is 10.5 Å². The molecule has 0 aromatic heterocycles. The molecule has 98 valence electrons. The van der Waals surface area contributed by atoms with Gasteiger partial charge in [0, 0.05) is 25.9 Å². The summed E-state index contributed by atoms with van der Waals surface area (Å²) in [4.78, 5) is 13.7. The molecular weight excluding hydrogens is 240 g/mol. The highest BCUT2D eigenvalue weighted by Gasteiger charge is 2.07. The van der Waals surface area contributed by atoms with Crippen LogP contribution in [0.1, 0.15) is 18.4 Å². The lowest BCUT2D eigenvalue weighted by Crippen LogP contribution is -2.25. The Morgan fingerprint density at radius 1 is 1.32 bits per heavy atom. The zero-order chi connectivity index (χ0) is 14.1. The van der Waals surface area contributed by atoms with Gasteiger partial charge in [0.2, 0.25) is 5.91 Å². The number of rotatable bonds is 6. The number of amides is 1. The zero-order valence-corrected chi connectivity index (χ0v) is 10.9. The topological polar surface area (TPSA) is 79.9 Å². The first kappa shape index (κ1) is 14.7. The Bertz CT molecular complexity index is 513. The van der Waals surface area contributed by atoms with Crippen molar-refractivity contribution in [1.82, 2.24) is 4.90 Å². The van der Waals surface area contributed by atoms with E-state index in [2.05, 4.69) is 11.4 Å². The molecule has 0 unspecified atom stereocenters. The molecule has 1 N–H and O–H groups in total. The summed E-state index contributed by atoms with van der Waals surface area (Å²) in [6.45, 7) is 1.24. The minimum absolute atomic E-state index is 0.133. The van der Waals surface area contributed by atoms with Crippen LogP contribution >= 0.6 is 0 Å². The van der Waals surface area contributed by atoms with Gasteiger partial charge in [0.15, 0.2) is 0 Å². The van der Waals surface area contributed by atoms with Gasteiger partial charge >= 0.3 is 0 Å². The Hall–Kier alpha value is -2.37. The molecule has 0 saturated heterocycles. The molecule has 0 fully saturated rings. The Morgan fingerprint density at radius 2 is 2.05 bits per heavy atom. The van der Waals surface area contributed by atoms with Crippen LogP contribution < -0.4 is 5.32 Å². The van der Waals surface area contributed by atoms with E-state index in [1.54, 1.807) is 24.3 Å². The molecule has 1 aromatic rings. The number of nitriles is 2. The van der Waals surface area contributed by atoms with E-state index in [1.807, 2.05) is 18.0 Å². The highest BCUT2D eigenvalue weighted by atomic mass is 16.1. The maximum atomic E-state index is 11.7. The van der Waals surface area contributed by atoms with Gasteiger partial charge in [0.1, 0.15) is 6.07 Å². The lowest BCUT2D eigenvalue weighted by Gasteiger charge is -2.14. The predicted octanol–water partition coefficient (Wildman–Crippen LogP) is 1.73. The van der Waals surface area contributed by atoms with E-state index in [0.717, 1.165) is 0 Å². The van der Waals surface area contributed by atoms with Crippen LogP contribution in [0, 0.1) is 22.7 Å². The van der Waals surface area contributed by atoms with Crippen LogP contribution in [0.5, 0.6) is 0 Å². The molecule has 1 rings (SSSR count). The number of para-hydroxylation sites is 1. The summed E-state index contributed by atoms with van der Waals surface area (Å²) >= 11 is 0. The van der Waals surface area contributed by atoms with E-state index < -0.39 is 0 Å². The third-order valence-electron chi connectivity index (χ3n) is 2.65. The van der Waals surface area contributed by atoms with Gasteiger partial charge in [-0.2, -0.15) is 10.5 Å². The summed E-state index contributed by atoms with van der Waals surface area (Å²) in [5, 5.41) is 20.1. The lowest BCUT2D eigenvalue weighted by molar-refractivity contribution is -0.116. The van der Waals surface area contributed by atoms with Crippen LogP contribution in [-0.4, -0.2) is 30.9 Å². The molecule has 0 aliphatic heterocycles. The molecule has 0 radical (unpaired) electrons. The van der Waals surface area contributed by atoms with Crippen molar-refractivity contribution in [2.75, 3.05) is 25.5 Å². The van der Waals surface area contributed by atoms with Gasteiger partial charge in [-0.05, 0) is 19.2 Å². The summed E-state index contributed by atoms with van der Waals surface area (Å²) in [7, 11) is 1.87. The molecule has 0 heterocycles. The Morgan fingerprint density at radius 3 is 2.74 bits per heavy atom. The summed E-state index contributed by atoms with van der Waals surface area (Å²) in [6.07, 6.45) is 0.789. The van der Waals surface area contributed by atoms with Crippen LogP contribution in [0.15, 0.2) is 24.3 Å². The van der Waals surface area contributed by atoms with Gasteiger partial charge in [-0.1, -0.05) is 12.1 Å². The number of benzene rings is 1. The summed E-state index contributed by atoms with van der Waals surface area (Å²) in [6, 6.07) is 11.0. The number of anilines is 1. The first-order chi connectivity index (χ1) is 9.17. The number of hydrogen-bond acceptors (Lipinski definition) is 4. The van der Waals surface area contributed by atoms with Crippen LogP contribution in [0.25, 0.3) is 0 Å². The third kappa shape index (κ3) is 5.20. The Kier molecular flexibility index (Phi) is 6.08. The molecule has 0 saturated carbocycles. The zero-order valence-electron chi connectivity index (χ0n) is 10.9. The van der Waals surface area contributed by atoms with E-state index in [1.165, 1.54) is 0 Å². The van der Waals surface area contributed by atoms with E-state index in [-0.39, 0.29) is 5.91 Å². The second kappa shape index (κ2) is 7.86. The van der Waals surface area contributed by atoms with Crippen molar-refractivity contribution in [3.8, 4) is 12.1 Å². The number of carbonyl (C=O) groups is 1. The highest BCUT2D eigenvalue weighted by molar-refractivity contribution is 5.92.